The third-order valence-electron chi connectivity index (χ3n) is 1.43. The van der Waals surface area contributed by atoms with Gasteiger partial charge < -0.3 is 0 Å². The Kier molecular flexibility index (Phi) is 4.00. The fourth-order valence-electron chi connectivity index (χ4n) is 0.864. The molecule has 0 radical (unpaired) electrons. The lowest BCUT2D eigenvalue weighted by Crippen LogP contribution is -2.12. The number of carbonyl (C=O) groups excluding carboxylic acids is 1. The normalized spacial score (nSPS) is 10.1. The van der Waals surface area contributed by atoms with E-state index in [-0.39, 0.29) is 0 Å². The van der Waals surface area contributed by atoms with Crippen molar-refractivity contribution in [1.82, 2.24) is 5.43 Å². The fourth-order valence-corrected chi connectivity index (χ4v) is 1.28. The molecular formula is C9H7BrN2O2. The molecule has 1 rings (SSSR count). The van der Waals surface area contributed by atoms with E-state index in [0.717, 1.165) is 10.0 Å². The van der Waals surface area contributed by atoms with Gasteiger partial charge in [-0.1, -0.05) is 28.1 Å². The van der Waals surface area contributed by atoms with Crippen LogP contribution < -0.4 is 5.43 Å². The van der Waals surface area contributed by atoms with Crippen molar-refractivity contribution in [3.8, 4) is 0 Å². The molecule has 1 aromatic carbocycles. The van der Waals surface area contributed by atoms with Gasteiger partial charge in [-0.05, 0) is 23.8 Å². The standard InChI is InChI=1S/C9H7BrN2O2/c10-8-3-1-2-7(6-8)4-5-9(13)11-12-14/h1-6H,(H,11,13,14). The van der Waals surface area contributed by atoms with E-state index in [2.05, 4.69) is 21.2 Å². The number of halogens is 1. The van der Waals surface area contributed by atoms with E-state index in [9.17, 15) is 9.70 Å². The Morgan fingerprint density at radius 2 is 2.29 bits per heavy atom. The molecule has 0 aliphatic carbocycles. The molecule has 0 heterocycles. The zero-order valence-electron chi connectivity index (χ0n) is 7.11. The number of hydrogen-bond acceptors (Lipinski definition) is 3. The maximum atomic E-state index is 10.8. The van der Waals surface area contributed by atoms with Crippen molar-refractivity contribution < 1.29 is 4.79 Å². The van der Waals surface area contributed by atoms with Gasteiger partial charge in [0, 0.05) is 10.5 Å². The van der Waals surface area contributed by atoms with Crippen molar-refractivity contribution in [2.24, 2.45) is 5.29 Å². The Balaban J connectivity index is 2.68. The first-order valence-corrected chi connectivity index (χ1v) is 4.57. The first-order chi connectivity index (χ1) is 6.72. The minimum atomic E-state index is -0.542. The number of nitrogens with zero attached hydrogens (tertiary/aromatic N) is 1. The van der Waals surface area contributed by atoms with Crippen molar-refractivity contribution in [2.45, 2.75) is 0 Å². The molecule has 0 aliphatic heterocycles. The van der Waals surface area contributed by atoms with Gasteiger partial charge in [0.15, 0.2) is 0 Å². The molecule has 0 bridgehead atoms. The third-order valence-corrected chi connectivity index (χ3v) is 1.92. The molecule has 0 aromatic heterocycles. The Hall–Kier alpha value is -1.49. The number of rotatable bonds is 3. The summed E-state index contributed by atoms with van der Waals surface area (Å²) >= 11 is 3.30. The highest BCUT2D eigenvalue weighted by Crippen LogP contribution is 2.12. The van der Waals surface area contributed by atoms with E-state index in [0.29, 0.717) is 0 Å². The van der Waals surface area contributed by atoms with E-state index in [1.807, 2.05) is 24.3 Å². The number of carbonyl (C=O) groups is 1. The van der Waals surface area contributed by atoms with Gasteiger partial charge in [0.25, 0.3) is 5.91 Å². The lowest BCUT2D eigenvalue weighted by atomic mass is 10.2. The highest BCUT2D eigenvalue weighted by molar-refractivity contribution is 9.10. The predicted octanol–water partition coefficient (Wildman–Crippen LogP) is 2.26. The Morgan fingerprint density at radius 1 is 1.50 bits per heavy atom. The topological polar surface area (TPSA) is 58.5 Å². The quantitative estimate of drug-likeness (QED) is 0.511. The molecule has 0 saturated heterocycles. The molecule has 4 nitrogen and oxygen atoms in total. The van der Waals surface area contributed by atoms with Gasteiger partial charge >= 0.3 is 0 Å². The van der Waals surface area contributed by atoms with Gasteiger partial charge in [-0.3, -0.25) is 4.79 Å². The maximum Gasteiger partial charge on any atom is 0.266 e. The number of benzene rings is 1. The van der Waals surface area contributed by atoms with Gasteiger partial charge in [0.1, 0.15) is 0 Å². The Morgan fingerprint density at radius 3 is 2.93 bits per heavy atom. The number of amides is 1. The van der Waals surface area contributed by atoms with Crippen molar-refractivity contribution in [3.05, 3.63) is 45.3 Å². The zero-order chi connectivity index (χ0) is 10.4. The highest BCUT2D eigenvalue weighted by Gasteiger charge is 1.93. The second-order valence-electron chi connectivity index (χ2n) is 2.46. The average molecular weight is 255 g/mol. The van der Waals surface area contributed by atoms with E-state index >= 15 is 0 Å². The fraction of sp³-hybridized carbons (Fsp3) is 0. The molecule has 0 aliphatic rings. The summed E-state index contributed by atoms with van der Waals surface area (Å²) in [5, 5.41) is 2.26. The first kappa shape index (κ1) is 10.6. The van der Waals surface area contributed by atoms with Gasteiger partial charge in [0.2, 0.25) is 0 Å². The number of hydrogen-bond donors (Lipinski definition) is 1. The monoisotopic (exact) mass is 254 g/mol. The number of nitrogens with one attached hydrogen (secondary N) is 1. The molecule has 0 spiro atoms. The van der Waals surface area contributed by atoms with Gasteiger partial charge in [-0.15, -0.1) is 4.91 Å². The van der Waals surface area contributed by atoms with Crippen LogP contribution in [0.2, 0.25) is 0 Å². The van der Waals surface area contributed by atoms with Gasteiger partial charge in [-0.2, -0.15) is 0 Å². The molecule has 5 heteroatoms. The van der Waals surface area contributed by atoms with Crippen LogP contribution in [0.3, 0.4) is 0 Å². The summed E-state index contributed by atoms with van der Waals surface area (Å²) in [6, 6.07) is 7.41. The van der Waals surface area contributed by atoms with Crippen LogP contribution >= 0.6 is 15.9 Å². The minimum Gasteiger partial charge on any atom is -0.268 e. The Labute approximate surface area is 89.1 Å². The van der Waals surface area contributed by atoms with E-state index in [1.54, 1.807) is 11.5 Å². The maximum absolute atomic E-state index is 10.8. The van der Waals surface area contributed by atoms with Crippen LogP contribution in [0, 0.1) is 4.91 Å². The molecule has 1 N–H and O–H groups in total. The van der Waals surface area contributed by atoms with Crippen LogP contribution in [-0.2, 0) is 4.79 Å². The van der Waals surface area contributed by atoms with Crippen molar-refractivity contribution >= 4 is 27.9 Å². The van der Waals surface area contributed by atoms with Crippen molar-refractivity contribution in [1.29, 1.82) is 0 Å². The second-order valence-corrected chi connectivity index (χ2v) is 3.37. The highest BCUT2D eigenvalue weighted by atomic mass is 79.9. The first-order valence-electron chi connectivity index (χ1n) is 3.78. The summed E-state index contributed by atoms with van der Waals surface area (Å²) < 4.78 is 0.925. The summed E-state index contributed by atoms with van der Waals surface area (Å²) in [5.41, 5.74) is 2.62. The molecule has 1 aromatic rings. The molecule has 0 atom stereocenters. The average Bonchev–Trinajstić information content (AvgIpc) is 2.15. The summed E-state index contributed by atoms with van der Waals surface area (Å²) in [5.74, 6) is -0.542. The molecular weight excluding hydrogens is 248 g/mol. The van der Waals surface area contributed by atoms with Crippen LogP contribution in [0.4, 0.5) is 0 Å². The molecule has 0 fully saturated rings. The SMILES string of the molecule is O=NNC(=O)C=Cc1cccc(Br)c1. The molecule has 0 saturated carbocycles. The molecule has 1 amide bonds. The smallest absolute Gasteiger partial charge is 0.266 e. The predicted molar refractivity (Wildman–Crippen MR) is 57.1 cm³/mol. The van der Waals surface area contributed by atoms with Crippen LogP contribution in [-0.4, -0.2) is 5.91 Å². The van der Waals surface area contributed by atoms with Crippen LogP contribution in [0.1, 0.15) is 5.56 Å². The Bertz CT molecular complexity index is 377. The van der Waals surface area contributed by atoms with Crippen molar-refractivity contribution in [2.75, 3.05) is 0 Å². The van der Waals surface area contributed by atoms with E-state index in [1.165, 1.54) is 6.08 Å². The van der Waals surface area contributed by atoms with Gasteiger partial charge in [0.05, 0.1) is 5.29 Å². The molecule has 0 unspecified atom stereocenters. The van der Waals surface area contributed by atoms with Crippen LogP contribution in [0.5, 0.6) is 0 Å². The summed E-state index contributed by atoms with van der Waals surface area (Å²) in [4.78, 5) is 20.5. The van der Waals surface area contributed by atoms with Gasteiger partial charge in [-0.25, -0.2) is 5.43 Å². The summed E-state index contributed by atoms with van der Waals surface area (Å²) in [6.45, 7) is 0. The van der Waals surface area contributed by atoms with Crippen LogP contribution in [0.25, 0.3) is 6.08 Å². The summed E-state index contributed by atoms with van der Waals surface area (Å²) in [6.07, 6.45) is 2.83. The largest absolute Gasteiger partial charge is 0.268 e. The number of nitroso groups, excluding NO2 is 1. The zero-order valence-corrected chi connectivity index (χ0v) is 8.69. The van der Waals surface area contributed by atoms with E-state index in [4.69, 9.17) is 0 Å². The lowest BCUT2D eigenvalue weighted by Gasteiger charge is -1.93. The third kappa shape index (κ3) is 3.49. The summed E-state index contributed by atoms with van der Waals surface area (Å²) in [7, 11) is 0. The lowest BCUT2D eigenvalue weighted by molar-refractivity contribution is -0.116. The molecule has 72 valence electrons. The van der Waals surface area contributed by atoms with E-state index < -0.39 is 5.91 Å². The van der Waals surface area contributed by atoms with Crippen LogP contribution in [0.15, 0.2) is 40.1 Å². The van der Waals surface area contributed by atoms with Crippen molar-refractivity contribution in [3.63, 3.8) is 0 Å². The minimum absolute atomic E-state index is 0.542. The molecule has 14 heavy (non-hydrogen) atoms. The second kappa shape index (κ2) is 5.29.